The first-order valence-electron chi connectivity index (χ1n) is 6.22. The van der Waals surface area contributed by atoms with Gasteiger partial charge in [0.2, 0.25) is 0 Å². The van der Waals surface area contributed by atoms with Gasteiger partial charge in [0.05, 0.1) is 6.20 Å². The van der Waals surface area contributed by atoms with Crippen molar-refractivity contribution in [3.8, 4) is 0 Å². The van der Waals surface area contributed by atoms with Crippen molar-refractivity contribution in [1.29, 1.82) is 0 Å². The van der Waals surface area contributed by atoms with E-state index in [1.54, 1.807) is 23.0 Å². The zero-order valence-electron chi connectivity index (χ0n) is 11.8. The van der Waals surface area contributed by atoms with Crippen molar-refractivity contribution in [3.05, 3.63) is 40.8 Å². The van der Waals surface area contributed by atoms with Crippen LogP contribution in [0, 0.1) is 13.8 Å². The molecule has 7 nitrogen and oxygen atoms in total. The van der Waals surface area contributed by atoms with Crippen LogP contribution in [0.3, 0.4) is 0 Å². The third kappa shape index (κ3) is 2.94. The zero-order valence-corrected chi connectivity index (χ0v) is 11.8. The molecule has 0 aliphatic carbocycles. The summed E-state index contributed by atoms with van der Waals surface area (Å²) in [4.78, 5) is 16.3. The molecular formula is C13H18N6O. The molecule has 0 unspecified atom stereocenters. The van der Waals surface area contributed by atoms with Crippen LogP contribution in [0.15, 0.2) is 18.3 Å². The number of rotatable bonds is 4. The normalized spacial score (nSPS) is 10.4. The molecule has 0 aliphatic heterocycles. The summed E-state index contributed by atoms with van der Waals surface area (Å²) in [7, 11) is 1.87. The molecule has 0 fully saturated rings. The SMILES string of the molecule is Cc1cc(C(=O)NCc2cnn(C)c2C)cc(NN)n1. The molecule has 106 valence electrons. The minimum Gasteiger partial charge on any atom is -0.348 e. The topological polar surface area (TPSA) is 97.9 Å². The Morgan fingerprint density at radius 2 is 2.15 bits per heavy atom. The lowest BCUT2D eigenvalue weighted by molar-refractivity contribution is 0.0950. The fourth-order valence-electron chi connectivity index (χ4n) is 1.87. The second kappa shape index (κ2) is 5.70. The molecule has 0 bridgehead atoms. The Morgan fingerprint density at radius 3 is 2.75 bits per heavy atom. The lowest BCUT2D eigenvalue weighted by Crippen LogP contribution is -2.23. The third-order valence-electron chi connectivity index (χ3n) is 3.14. The number of carbonyl (C=O) groups is 1. The summed E-state index contributed by atoms with van der Waals surface area (Å²) in [5.74, 6) is 5.61. The highest BCUT2D eigenvalue weighted by atomic mass is 16.1. The van der Waals surface area contributed by atoms with Gasteiger partial charge in [-0.1, -0.05) is 0 Å². The molecular weight excluding hydrogens is 256 g/mol. The van der Waals surface area contributed by atoms with Gasteiger partial charge < -0.3 is 10.7 Å². The first-order chi connectivity index (χ1) is 9.51. The van der Waals surface area contributed by atoms with Crippen molar-refractivity contribution in [1.82, 2.24) is 20.1 Å². The van der Waals surface area contributed by atoms with Crippen molar-refractivity contribution in [3.63, 3.8) is 0 Å². The van der Waals surface area contributed by atoms with Crippen LogP contribution in [0.4, 0.5) is 5.82 Å². The summed E-state index contributed by atoms with van der Waals surface area (Å²) in [5.41, 5.74) is 5.71. The fraction of sp³-hybridized carbons (Fsp3) is 0.308. The monoisotopic (exact) mass is 274 g/mol. The first-order valence-corrected chi connectivity index (χ1v) is 6.22. The molecule has 0 spiro atoms. The summed E-state index contributed by atoms with van der Waals surface area (Å²) in [6, 6.07) is 3.32. The van der Waals surface area contributed by atoms with Crippen LogP contribution in [0.1, 0.15) is 27.3 Å². The molecule has 0 aliphatic rings. The number of amides is 1. The molecule has 4 N–H and O–H groups in total. The van der Waals surface area contributed by atoms with E-state index in [0.29, 0.717) is 17.9 Å². The lowest BCUT2D eigenvalue weighted by atomic mass is 10.2. The third-order valence-corrected chi connectivity index (χ3v) is 3.14. The summed E-state index contributed by atoms with van der Waals surface area (Å²) in [5, 5.41) is 7.00. The van der Waals surface area contributed by atoms with Gasteiger partial charge in [0.25, 0.3) is 5.91 Å². The number of hydrogen-bond acceptors (Lipinski definition) is 5. The number of hydrazine groups is 1. The molecule has 2 rings (SSSR count). The number of anilines is 1. The zero-order chi connectivity index (χ0) is 14.7. The van der Waals surface area contributed by atoms with Crippen LogP contribution >= 0.6 is 0 Å². The minimum absolute atomic E-state index is 0.171. The molecule has 0 radical (unpaired) electrons. The first kappa shape index (κ1) is 14.0. The van der Waals surface area contributed by atoms with Gasteiger partial charge in [-0.2, -0.15) is 5.10 Å². The van der Waals surface area contributed by atoms with E-state index in [1.165, 1.54) is 0 Å². The number of nitrogens with one attached hydrogen (secondary N) is 2. The van der Waals surface area contributed by atoms with Crippen molar-refractivity contribution in [2.24, 2.45) is 12.9 Å². The molecule has 2 heterocycles. The molecule has 20 heavy (non-hydrogen) atoms. The second-order valence-corrected chi connectivity index (χ2v) is 4.59. The van der Waals surface area contributed by atoms with Crippen molar-refractivity contribution in [2.75, 3.05) is 5.43 Å². The van der Waals surface area contributed by atoms with E-state index in [0.717, 1.165) is 17.0 Å². The van der Waals surface area contributed by atoms with Gasteiger partial charge in [-0.05, 0) is 26.0 Å². The number of aryl methyl sites for hydroxylation is 2. The van der Waals surface area contributed by atoms with E-state index in [9.17, 15) is 4.79 Å². The highest BCUT2D eigenvalue weighted by molar-refractivity contribution is 5.94. The van der Waals surface area contributed by atoms with E-state index in [-0.39, 0.29) is 5.91 Å². The van der Waals surface area contributed by atoms with Crippen LogP contribution in [0.2, 0.25) is 0 Å². The van der Waals surface area contributed by atoms with E-state index in [1.807, 2.05) is 20.9 Å². The molecule has 0 aromatic carbocycles. The average molecular weight is 274 g/mol. The maximum absolute atomic E-state index is 12.1. The molecule has 0 atom stereocenters. The summed E-state index contributed by atoms with van der Waals surface area (Å²) in [6.07, 6.45) is 1.75. The Morgan fingerprint density at radius 1 is 1.40 bits per heavy atom. The molecule has 0 saturated heterocycles. The summed E-state index contributed by atoms with van der Waals surface area (Å²) >= 11 is 0. The maximum atomic E-state index is 12.1. The van der Waals surface area contributed by atoms with Crippen molar-refractivity contribution < 1.29 is 4.79 Å². The molecule has 2 aromatic heterocycles. The van der Waals surface area contributed by atoms with Crippen LogP contribution in [0.5, 0.6) is 0 Å². The number of aromatic nitrogens is 3. The summed E-state index contributed by atoms with van der Waals surface area (Å²) in [6.45, 7) is 4.20. The van der Waals surface area contributed by atoms with Gasteiger partial charge >= 0.3 is 0 Å². The molecule has 2 aromatic rings. The largest absolute Gasteiger partial charge is 0.348 e. The van der Waals surface area contributed by atoms with Crippen molar-refractivity contribution in [2.45, 2.75) is 20.4 Å². The molecule has 1 amide bonds. The quantitative estimate of drug-likeness (QED) is 0.561. The number of nitrogen functional groups attached to an aromatic ring is 1. The lowest BCUT2D eigenvalue weighted by Gasteiger charge is -2.07. The number of nitrogens with two attached hydrogens (primary N) is 1. The van der Waals surface area contributed by atoms with Crippen LogP contribution in [-0.4, -0.2) is 20.7 Å². The van der Waals surface area contributed by atoms with E-state index in [2.05, 4.69) is 20.8 Å². The van der Waals surface area contributed by atoms with Gasteiger partial charge in [-0.25, -0.2) is 10.8 Å². The Hall–Kier alpha value is -2.41. The molecule has 7 heteroatoms. The van der Waals surface area contributed by atoms with Crippen LogP contribution in [0.25, 0.3) is 0 Å². The van der Waals surface area contributed by atoms with E-state index < -0.39 is 0 Å². The van der Waals surface area contributed by atoms with Gasteiger partial charge in [0.1, 0.15) is 5.82 Å². The van der Waals surface area contributed by atoms with Crippen LogP contribution < -0.4 is 16.6 Å². The van der Waals surface area contributed by atoms with Gasteiger partial charge in [0.15, 0.2) is 0 Å². The predicted molar refractivity (Wildman–Crippen MR) is 75.9 cm³/mol. The predicted octanol–water partition coefficient (Wildman–Crippen LogP) is 0.648. The minimum atomic E-state index is -0.171. The van der Waals surface area contributed by atoms with Crippen molar-refractivity contribution >= 4 is 11.7 Å². The Bertz CT molecular complexity index is 634. The Kier molecular flexibility index (Phi) is 3.99. The van der Waals surface area contributed by atoms with E-state index >= 15 is 0 Å². The smallest absolute Gasteiger partial charge is 0.251 e. The average Bonchev–Trinajstić information content (AvgIpc) is 2.75. The van der Waals surface area contributed by atoms with Gasteiger partial charge in [0, 0.05) is 36.1 Å². The highest BCUT2D eigenvalue weighted by Crippen LogP contribution is 2.10. The fourth-order valence-corrected chi connectivity index (χ4v) is 1.87. The number of pyridine rings is 1. The molecule has 0 saturated carbocycles. The van der Waals surface area contributed by atoms with Gasteiger partial charge in [-0.3, -0.25) is 9.48 Å². The number of carbonyl (C=O) groups excluding carboxylic acids is 1. The van der Waals surface area contributed by atoms with E-state index in [4.69, 9.17) is 5.84 Å². The maximum Gasteiger partial charge on any atom is 0.251 e. The second-order valence-electron chi connectivity index (χ2n) is 4.59. The number of hydrogen-bond donors (Lipinski definition) is 3. The highest BCUT2D eigenvalue weighted by Gasteiger charge is 2.10. The number of nitrogens with zero attached hydrogens (tertiary/aromatic N) is 3. The summed E-state index contributed by atoms with van der Waals surface area (Å²) < 4.78 is 1.77. The van der Waals surface area contributed by atoms with Crippen LogP contribution in [-0.2, 0) is 13.6 Å². The van der Waals surface area contributed by atoms with Gasteiger partial charge in [-0.15, -0.1) is 0 Å². The standard InChI is InChI=1S/C13H18N6O/c1-8-4-10(5-12(17-8)18-14)13(20)15-6-11-7-16-19(3)9(11)2/h4-5,7H,6,14H2,1-3H3,(H,15,20)(H,17,18). The Labute approximate surface area is 117 Å². The Balaban J connectivity index is 2.09.